The molecule has 0 aromatic heterocycles. The quantitative estimate of drug-likeness (QED) is 0.923. The summed E-state index contributed by atoms with van der Waals surface area (Å²) in [6.45, 7) is 0. The van der Waals surface area contributed by atoms with Crippen molar-refractivity contribution in [3.63, 3.8) is 0 Å². The van der Waals surface area contributed by atoms with E-state index in [1.54, 1.807) is 11.8 Å². The topological polar surface area (TPSA) is 37.3 Å². The van der Waals surface area contributed by atoms with Crippen LogP contribution in [0.4, 0.5) is 13.2 Å². The van der Waals surface area contributed by atoms with Crippen LogP contribution in [0.15, 0.2) is 24.3 Å². The normalized spacial score (nSPS) is 21.3. The van der Waals surface area contributed by atoms with Crippen molar-refractivity contribution in [2.24, 2.45) is 5.92 Å². The molecule has 1 aromatic rings. The van der Waals surface area contributed by atoms with Gasteiger partial charge in [-0.25, -0.2) is 0 Å². The van der Waals surface area contributed by atoms with Crippen molar-refractivity contribution in [1.29, 1.82) is 0 Å². The molecule has 2 atom stereocenters. The molecule has 2 rings (SSSR count). The average molecular weight is 290 g/mol. The van der Waals surface area contributed by atoms with Gasteiger partial charge < -0.3 is 5.11 Å². The first-order valence-corrected chi connectivity index (χ1v) is 7.03. The van der Waals surface area contributed by atoms with Gasteiger partial charge in [0.25, 0.3) is 0 Å². The number of carbonyl (C=O) groups is 1. The summed E-state index contributed by atoms with van der Waals surface area (Å²) in [5, 5.41) is 9.28. The lowest BCUT2D eigenvalue weighted by Crippen LogP contribution is -2.21. The molecule has 1 aliphatic heterocycles. The summed E-state index contributed by atoms with van der Waals surface area (Å²) in [5.74, 6) is -0.0173. The van der Waals surface area contributed by atoms with E-state index in [2.05, 4.69) is 0 Å². The van der Waals surface area contributed by atoms with Crippen LogP contribution < -0.4 is 0 Å². The summed E-state index contributed by atoms with van der Waals surface area (Å²) in [6.07, 6.45) is -3.59. The summed E-state index contributed by atoms with van der Waals surface area (Å²) < 4.78 is 37.4. The number of halogens is 3. The maximum Gasteiger partial charge on any atom is 0.416 e. The fraction of sp³-hybridized carbons (Fsp3) is 0.462. The molecule has 19 heavy (non-hydrogen) atoms. The van der Waals surface area contributed by atoms with Crippen molar-refractivity contribution in [2.45, 2.75) is 18.5 Å². The van der Waals surface area contributed by atoms with E-state index in [4.69, 9.17) is 0 Å². The molecule has 1 aromatic carbocycles. The Morgan fingerprint density at radius 3 is 2.37 bits per heavy atom. The number of benzene rings is 1. The van der Waals surface area contributed by atoms with Gasteiger partial charge in [-0.05, 0) is 41.5 Å². The van der Waals surface area contributed by atoms with Crippen LogP contribution in [0, 0.1) is 5.92 Å². The summed E-state index contributed by atoms with van der Waals surface area (Å²) in [4.78, 5) is 11.3. The largest absolute Gasteiger partial charge is 0.481 e. The molecule has 104 valence electrons. The third-order valence-corrected chi connectivity index (χ3v) is 4.49. The highest BCUT2D eigenvalue weighted by Gasteiger charge is 2.34. The molecular weight excluding hydrogens is 277 g/mol. The van der Waals surface area contributed by atoms with Crippen LogP contribution >= 0.6 is 11.8 Å². The second-order valence-electron chi connectivity index (χ2n) is 4.56. The van der Waals surface area contributed by atoms with Crippen LogP contribution in [-0.4, -0.2) is 22.6 Å². The number of hydrogen-bond acceptors (Lipinski definition) is 2. The Kier molecular flexibility index (Phi) is 4.08. The Labute approximate surface area is 113 Å². The van der Waals surface area contributed by atoms with Crippen LogP contribution in [0.5, 0.6) is 0 Å². The van der Waals surface area contributed by atoms with Gasteiger partial charge in [0.2, 0.25) is 0 Å². The average Bonchev–Trinajstić information content (AvgIpc) is 2.82. The molecule has 0 bridgehead atoms. The summed E-state index contributed by atoms with van der Waals surface area (Å²) in [6, 6.07) is 4.47. The van der Waals surface area contributed by atoms with E-state index < -0.39 is 23.6 Å². The molecule has 1 N–H and O–H groups in total. The van der Waals surface area contributed by atoms with Gasteiger partial charge in [0.05, 0.1) is 11.5 Å². The molecule has 1 heterocycles. The predicted octanol–water partition coefficient (Wildman–Crippen LogP) is 3.63. The third-order valence-electron chi connectivity index (χ3n) is 3.30. The lowest BCUT2D eigenvalue weighted by Gasteiger charge is -2.19. The van der Waals surface area contributed by atoms with E-state index in [1.807, 2.05) is 0 Å². The number of aliphatic carboxylic acids is 1. The van der Waals surface area contributed by atoms with Gasteiger partial charge in [0, 0.05) is 0 Å². The van der Waals surface area contributed by atoms with Gasteiger partial charge in [0.1, 0.15) is 0 Å². The standard InChI is InChI=1S/C13H13F3O2S/c14-13(15,16)10-3-1-8(2-4-10)11(12(17)18)9-5-6-19-7-9/h1-4,9,11H,5-7H2,(H,17,18). The van der Waals surface area contributed by atoms with Gasteiger partial charge in [0.15, 0.2) is 0 Å². The SMILES string of the molecule is O=C(O)C(c1ccc(C(F)(F)F)cc1)C1CCSC1. The maximum absolute atomic E-state index is 12.5. The number of thioether (sulfide) groups is 1. The van der Waals surface area contributed by atoms with Crippen molar-refractivity contribution in [2.75, 3.05) is 11.5 Å². The van der Waals surface area contributed by atoms with Crippen molar-refractivity contribution in [3.8, 4) is 0 Å². The first-order chi connectivity index (χ1) is 8.89. The monoisotopic (exact) mass is 290 g/mol. The Morgan fingerprint density at radius 1 is 1.32 bits per heavy atom. The zero-order chi connectivity index (χ0) is 14.0. The molecule has 1 fully saturated rings. The van der Waals surface area contributed by atoms with Crippen molar-refractivity contribution in [1.82, 2.24) is 0 Å². The molecule has 1 aliphatic rings. The van der Waals surface area contributed by atoms with E-state index in [1.165, 1.54) is 12.1 Å². The lowest BCUT2D eigenvalue weighted by atomic mass is 9.85. The molecule has 0 saturated carbocycles. The highest BCUT2D eigenvalue weighted by molar-refractivity contribution is 7.99. The number of carboxylic acid groups (broad SMARTS) is 1. The van der Waals surface area contributed by atoms with Crippen LogP contribution in [0.3, 0.4) is 0 Å². The van der Waals surface area contributed by atoms with Gasteiger partial charge in [-0.15, -0.1) is 0 Å². The van der Waals surface area contributed by atoms with E-state index in [-0.39, 0.29) is 5.92 Å². The predicted molar refractivity (Wildman–Crippen MR) is 67.3 cm³/mol. The van der Waals surface area contributed by atoms with E-state index in [0.29, 0.717) is 5.56 Å². The first kappa shape index (κ1) is 14.2. The number of alkyl halides is 3. The van der Waals surface area contributed by atoms with E-state index in [9.17, 15) is 23.1 Å². The van der Waals surface area contributed by atoms with Gasteiger partial charge >= 0.3 is 12.1 Å². The van der Waals surface area contributed by atoms with Crippen LogP contribution in [0.1, 0.15) is 23.5 Å². The second-order valence-corrected chi connectivity index (χ2v) is 5.71. The summed E-state index contributed by atoms with van der Waals surface area (Å²) in [5.41, 5.74) is -0.297. The molecule has 2 unspecified atom stereocenters. The molecule has 6 heteroatoms. The third kappa shape index (κ3) is 3.23. The second kappa shape index (κ2) is 5.45. The molecular formula is C13H13F3O2S. The first-order valence-electron chi connectivity index (χ1n) is 5.87. The molecule has 0 aliphatic carbocycles. The smallest absolute Gasteiger partial charge is 0.416 e. The number of hydrogen-bond donors (Lipinski definition) is 1. The van der Waals surface area contributed by atoms with Crippen molar-refractivity contribution < 1.29 is 23.1 Å². The van der Waals surface area contributed by atoms with Gasteiger partial charge in [-0.3, -0.25) is 4.79 Å². The molecule has 0 radical (unpaired) electrons. The molecule has 0 amide bonds. The fourth-order valence-electron chi connectivity index (χ4n) is 2.31. The van der Waals surface area contributed by atoms with Gasteiger partial charge in [-0.2, -0.15) is 24.9 Å². The number of carboxylic acids is 1. The zero-order valence-electron chi connectivity index (χ0n) is 9.98. The molecule has 1 saturated heterocycles. The van der Waals surface area contributed by atoms with E-state index >= 15 is 0 Å². The van der Waals surface area contributed by atoms with E-state index in [0.717, 1.165) is 30.1 Å². The summed E-state index contributed by atoms with van der Waals surface area (Å²) in [7, 11) is 0. The van der Waals surface area contributed by atoms with Crippen LogP contribution in [0.25, 0.3) is 0 Å². The van der Waals surface area contributed by atoms with Crippen molar-refractivity contribution in [3.05, 3.63) is 35.4 Å². The minimum absolute atomic E-state index is 0.000707. The van der Waals surface area contributed by atoms with Crippen LogP contribution in [0.2, 0.25) is 0 Å². The summed E-state index contributed by atoms with van der Waals surface area (Å²) >= 11 is 1.69. The minimum atomic E-state index is -4.39. The Balaban J connectivity index is 2.25. The Bertz CT molecular complexity index is 450. The zero-order valence-corrected chi connectivity index (χ0v) is 10.8. The Morgan fingerprint density at radius 2 is 1.95 bits per heavy atom. The maximum atomic E-state index is 12.5. The minimum Gasteiger partial charge on any atom is -0.481 e. The molecule has 2 nitrogen and oxygen atoms in total. The van der Waals surface area contributed by atoms with Crippen LogP contribution in [-0.2, 0) is 11.0 Å². The van der Waals surface area contributed by atoms with Crippen molar-refractivity contribution >= 4 is 17.7 Å². The highest BCUT2D eigenvalue weighted by atomic mass is 32.2. The van der Waals surface area contributed by atoms with Gasteiger partial charge in [-0.1, -0.05) is 12.1 Å². The fourth-order valence-corrected chi connectivity index (χ4v) is 3.61. The Hall–Kier alpha value is -1.17. The molecule has 0 spiro atoms. The highest BCUT2D eigenvalue weighted by Crippen LogP contribution is 2.37. The number of rotatable bonds is 3. The lowest BCUT2D eigenvalue weighted by molar-refractivity contribution is -0.140.